The zero-order valence-electron chi connectivity index (χ0n) is 21.5. The molecule has 2 heterocycles. The highest BCUT2D eigenvalue weighted by Gasteiger charge is 2.53. The van der Waals surface area contributed by atoms with E-state index in [2.05, 4.69) is 36.2 Å². The molecule has 194 valence electrons. The Labute approximate surface area is 221 Å². The second-order valence-electron chi connectivity index (χ2n) is 10.0. The highest BCUT2D eigenvalue weighted by Crippen LogP contribution is 2.34. The molecule has 1 unspecified atom stereocenters. The van der Waals surface area contributed by atoms with Crippen LogP contribution in [0.3, 0.4) is 0 Å². The number of piperidine rings is 1. The lowest BCUT2D eigenvalue weighted by Gasteiger charge is -2.51. The first kappa shape index (κ1) is 27.8. The highest BCUT2D eigenvalue weighted by atomic mass is 35.5. The van der Waals surface area contributed by atoms with E-state index in [1.807, 2.05) is 66.4 Å². The van der Waals surface area contributed by atoms with Crippen molar-refractivity contribution in [3.8, 4) is 11.5 Å². The van der Waals surface area contributed by atoms with Crippen LogP contribution in [0.4, 0.5) is 0 Å². The second-order valence-corrected chi connectivity index (χ2v) is 10.0. The lowest BCUT2D eigenvalue weighted by molar-refractivity contribution is -0.160. The van der Waals surface area contributed by atoms with E-state index in [1.165, 1.54) is 5.56 Å². The van der Waals surface area contributed by atoms with Crippen molar-refractivity contribution in [1.82, 2.24) is 15.1 Å². The Bertz CT molecular complexity index is 1030. The number of ether oxygens (including phenoxy) is 1. The molecular weight excluding hydrogens is 474 g/mol. The van der Waals surface area contributed by atoms with Crippen molar-refractivity contribution in [3.63, 3.8) is 0 Å². The van der Waals surface area contributed by atoms with Gasteiger partial charge in [-0.15, -0.1) is 12.4 Å². The van der Waals surface area contributed by atoms with E-state index in [0.717, 1.165) is 31.1 Å². The van der Waals surface area contributed by atoms with Crippen LogP contribution in [-0.4, -0.2) is 52.8 Å². The highest BCUT2D eigenvalue weighted by molar-refractivity contribution is 6.00. The van der Waals surface area contributed by atoms with E-state index in [0.29, 0.717) is 31.7 Å². The molecule has 2 amide bonds. The molecule has 0 saturated carbocycles. The van der Waals surface area contributed by atoms with Crippen LogP contribution in [0, 0.1) is 5.92 Å². The number of para-hydroxylation sites is 1. The fraction of sp³-hybridized carbons (Fsp3) is 0.448. The summed E-state index contributed by atoms with van der Waals surface area (Å²) >= 11 is 0. The van der Waals surface area contributed by atoms with Crippen LogP contribution < -0.4 is 10.1 Å². The average molecular weight is 512 g/mol. The summed E-state index contributed by atoms with van der Waals surface area (Å²) in [5, 5.41) is 3.07. The van der Waals surface area contributed by atoms with E-state index in [4.69, 9.17) is 4.74 Å². The van der Waals surface area contributed by atoms with Crippen molar-refractivity contribution in [2.45, 2.75) is 58.2 Å². The molecule has 0 bridgehead atoms. The van der Waals surface area contributed by atoms with Crippen LogP contribution in [0.1, 0.15) is 45.6 Å². The number of rotatable bonds is 8. The Morgan fingerprint density at radius 3 is 2.28 bits per heavy atom. The Balaban J connectivity index is 0.00000361. The summed E-state index contributed by atoms with van der Waals surface area (Å²) in [4.78, 5) is 31.0. The molecule has 0 aromatic heterocycles. The molecule has 1 N–H and O–H groups in total. The van der Waals surface area contributed by atoms with E-state index in [1.54, 1.807) is 0 Å². The van der Waals surface area contributed by atoms with Crippen LogP contribution in [0.25, 0.3) is 0 Å². The van der Waals surface area contributed by atoms with Gasteiger partial charge in [-0.1, -0.05) is 56.3 Å². The van der Waals surface area contributed by atoms with Gasteiger partial charge in [-0.2, -0.15) is 0 Å². The first-order valence-electron chi connectivity index (χ1n) is 12.7. The minimum atomic E-state index is -0.756. The fourth-order valence-corrected chi connectivity index (χ4v) is 5.11. The molecule has 0 aliphatic carbocycles. The summed E-state index contributed by atoms with van der Waals surface area (Å²) in [7, 11) is 0. The van der Waals surface area contributed by atoms with E-state index < -0.39 is 11.6 Å². The minimum absolute atomic E-state index is 0. The molecule has 2 aliphatic heterocycles. The van der Waals surface area contributed by atoms with Gasteiger partial charge in [-0.3, -0.25) is 14.5 Å². The van der Waals surface area contributed by atoms with Crippen LogP contribution in [0.2, 0.25) is 0 Å². The average Bonchev–Trinajstić information content (AvgIpc) is 2.85. The van der Waals surface area contributed by atoms with Crippen LogP contribution in [0.15, 0.2) is 66.7 Å². The monoisotopic (exact) mass is 511 g/mol. The number of likely N-dealkylation sites (tertiary alicyclic amines) is 1. The number of nitrogens with one attached hydrogen (secondary N) is 1. The number of nitrogens with zero attached hydrogens (tertiary/aromatic N) is 2. The molecule has 2 aromatic rings. The Morgan fingerprint density at radius 2 is 1.67 bits per heavy atom. The van der Waals surface area contributed by atoms with Crippen molar-refractivity contribution < 1.29 is 14.3 Å². The zero-order chi connectivity index (χ0) is 24.8. The van der Waals surface area contributed by atoms with Crippen molar-refractivity contribution >= 4 is 24.2 Å². The van der Waals surface area contributed by atoms with Crippen LogP contribution >= 0.6 is 12.4 Å². The number of carbonyl (C=O) groups excluding carboxylic acids is 2. The SMILES string of the molecule is CC=CCN1C(=O)C(CC(C)C)NC(=O)C12CCN(Cc1ccc(Oc3ccccc3)cc1)CC2.Cl. The summed E-state index contributed by atoms with van der Waals surface area (Å²) in [6.45, 7) is 8.94. The van der Waals surface area contributed by atoms with Gasteiger partial charge in [0.25, 0.3) is 0 Å². The number of amides is 2. The molecule has 4 rings (SSSR count). The smallest absolute Gasteiger partial charge is 0.246 e. The van der Waals surface area contributed by atoms with Gasteiger partial charge < -0.3 is 15.0 Å². The molecule has 2 aromatic carbocycles. The number of halogens is 1. The maximum atomic E-state index is 13.4. The molecule has 1 atom stereocenters. The standard InChI is InChI=1S/C29H37N3O3.ClH/c1-4-5-17-32-27(33)26(20-22(2)3)30-28(34)29(32)15-18-31(19-16-29)21-23-11-13-25(14-12-23)35-24-9-7-6-8-10-24;/h4-14,22,26H,15-21H2,1-3H3,(H,30,34);1H. The first-order valence-corrected chi connectivity index (χ1v) is 12.7. The van der Waals surface area contributed by atoms with Gasteiger partial charge in [0.05, 0.1) is 0 Å². The summed E-state index contributed by atoms with van der Waals surface area (Å²) < 4.78 is 5.90. The molecule has 6 nitrogen and oxygen atoms in total. The normalized spacial score (nSPS) is 20.0. The van der Waals surface area contributed by atoms with Gasteiger partial charge in [0.15, 0.2) is 0 Å². The van der Waals surface area contributed by atoms with Gasteiger partial charge in [-0.05, 0) is 61.9 Å². The molecule has 36 heavy (non-hydrogen) atoms. The predicted octanol–water partition coefficient (Wildman–Crippen LogP) is 5.18. The third kappa shape index (κ3) is 6.29. The summed E-state index contributed by atoms with van der Waals surface area (Å²) in [5.41, 5.74) is 0.446. The summed E-state index contributed by atoms with van der Waals surface area (Å²) in [5.74, 6) is 2.03. The van der Waals surface area contributed by atoms with E-state index >= 15 is 0 Å². The van der Waals surface area contributed by atoms with Crippen molar-refractivity contribution in [2.75, 3.05) is 19.6 Å². The van der Waals surface area contributed by atoms with Gasteiger partial charge >= 0.3 is 0 Å². The van der Waals surface area contributed by atoms with E-state index in [9.17, 15) is 9.59 Å². The number of allylic oxidation sites excluding steroid dienone is 1. The maximum absolute atomic E-state index is 13.4. The molecule has 2 aliphatic rings. The first-order chi connectivity index (χ1) is 16.9. The topological polar surface area (TPSA) is 61.9 Å². The van der Waals surface area contributed by atoms with Gasteiger partial charge in [0.2, 0.25) is 11.8 Å². The van der Waals surface area contributed by atoms with Gasteiger partial charge in [-0.25, -0.2) is 0 Å². The van der Waals surface area contributed by atoms with Crippen LogP contribution in [-0.2, 0) is 16.1 Å². The number of piperazine rings is 1. The van der Waals surface area contributed by atoms with Crippen molar-refractivity contribution in [3.05, 3.63) is 72.3 Å². The molecule has 2 saturated heterocycles. The van der Waals surface area contributed by atoms with Gasteiger partial charge in [0.1, 0.15) is 23.1 Å². The van der Waals surface area contributed by atoms with E-state index in [-0.39, 0.29) is 24.2 Å². The number of hydrogen-bond donors (Lipinski definition) is 1. The number of carbonyl (C=O) groups is 2. The van der Waals surface area contributed by atoms with Gasteiger partial charge in [0, 0.05) is 26.2 Å². The van der Waals surface area contributed by atoms with Crippen molar-refractivity contribution in [2.24, 2.45) is 5.92 Å². The molecule has 2 fully saturated rings. The minimum Gasteiger partial charge on any atom is -0.457 e. The largest absolute Gasteiger partial charge is 0.457 e. The second kappa shape index (κ2) is 12.4. The maximum Gasteiger partial charge on any atom is 0.246 e. The summed E-state index contributed by atoms with van der Waals surface area (Å²) in [6, 6.07) is 17.5. The molecule has 0 radical (unpaired) electrons. The Morgan fingerprint density at radius 1 is 1.03 bits per heavy atom. The lowest BCUT2D eigenvalue weighted by atomic mass is 9.81. The fourth-order valence-electron chi connectivity index (χ4n) is 5.11. The summed E-state index contributed by atoms with van der Waals surface area (Å²) in [6.07, 6.45) is 5.89. The van der Waals surface area contributed by atoms with Crippen LogP contribution in [0.5, 0.6) is 11.5 Å². The predicted molar refractivity (Wildman–Crippen MR) is 145 cm³/mol. The molecule has 1 spiro atoms. The third-order valence-electron chi connectivity index (χ3n) is 7.03. The number of hydrogen-bond acceptors (Lipinski definition) is 4. The number of benzene rings is 2. The molecular formula is C29H38ClN3O3. The lowest BCUT2D eigenvalue weighted by Crippen LogP contribution is -2.72. The third-order valence-corrected chi connectivity index (χ3v) is 7.03. The quantitative estimate of drug-likeness (QED) is 0.496. The Kier molecular flexibility index (Phi) is 9.57. The Hall–Kier alpha value is -2.83. The zero-order valence-corrected chi connectivity index (χ0v) is 22.3. The van der Waals surface area contributed by atoms with Crippen molar-refractivity contribution in [1.29, 1.82) is 0 Å². The molecule has 7 heteroatoms.